The summed E-state index contributed by atoms with van der Waals surface area (Å²) >= 11 is 0. The second-order valence-corrected chi connectivity index (χ2v) is 6.35. The molecule has 1 amide bonds. The van der Waals surface area contributed by atoms with Crippen molar-refractivity contribution in [1.29, 1.82) is 0 Å². The van der Waals surface area contributed by atoms with E-state index >= 15 is 0 Å². The van der Waals surface area contributed by atoms with Gasteiger partial charge in [0.05, 0.1) is 0 Å². The van der Waals surface area contributed by atoms with Gasteiger partial charge in [0.15, 0.2) is 5.69 Å². The van der Waals surface area contributed by atoms with Crippen molar-refractivity contribution in [3.05, 3.63) is 47.3 Å². The summed E-state index contributed by atoms with van der Waals surface area (Å²) in [5.74, 6) is 0.0945. The van der Waals surface area contributed by atoms with Crippen LogP contribution >= 0.6 is 0 Å². The average Bonchev–Trinajstić information content (AvgIpc) is 3.06. The highest BCUT2D eigenvalue weighted by molar-refractivity contribution is 5.94. The first-order valence-corrected chi connectivity index (χ1v) is 8.48. The molecule has 1 N–H and O–H groups in total. The Hall–Kier alpha value is -2.30. The van der Waals surface area contributed by atoms with E-state index in [9.17, 15) is 4.79 Å². The summed E-state index contributed by atoms with van der Waals surface area (Å²) in [5, 5.41) is 7.39. The number of anilines is 1. The highest BCUT2D eigenvalue weighted by Gasteiger charge is 2.28. The first-order chi connectivity index (χ1) is 11.3. The van der Waals surface area contributed by atoms with Crippen molar-refractivity contribution in [1.82, 2.24) is 15.1 Å². The number of H-pyrrole nitrogens is 1. The van der Waals surface area contributed by atoms with Crippen molar-refractivity contribution in [2.24, 2.45) is 0 Å². The highest BCUT2D eigenvalue weighted by Crippen LogP contribution is 2.24. The molecular formula is C18H22N4O. The molecule has 23 heavy (non-hydrogen) atoms. The topological polar surface area (TPSA) is 52.2 Å². The van der Waals surface area contributed by atoms with Crippen LogP contribution in [0.15, 0.2) is 30.3 Å². The smallest absolute Gasteiger partial charge is 0.274 e. The minimum atomic E-state index is 0.0945. The van der Waals surface area contributed by atoms with E-state index in [1.807, 2.05) is 11.0 Å². The molecule has 5 nitrogen and oxygen atoms in total. The summed E-state index contributed by atoms with van der Waals surface area (Å²) in [4.78, 5) is 17.1. The number of aromatic amines is 1. The third kappa shape index (κ3) is 2.71. The van der Waals surface area contributed by atoms with Crippen molar-refractivity contribution in [3.63, 3.8) is 0 Å². The molecule has 1 aromatic heterocycles. The van der Waals surface area contributed by atoms with E-state index in [0.29, 0.717) is 5.69 Å². The molecule has 5 heteroatoms. The van der Waals surface area contributed by atoms with Crippen LogP contribution < -0.4 is 4.90 Å². The van der Waals surface area contributed by atoms with E-state index in [-0.39, 0.29) is 5.91 Å². The van der Waals surface area contributed by atoms with Crippen LogP contribution in [0.5, 0.6) is 0 Å². The Morgan fingerprint density at radius 3 is 2.52 bits per heavy atom. The zero-order valence-corrected chi connectivity index (χ0v) is 13.3. The predicted molar refractivity (Wildman–Crippen MR) is 89.8 cm³/mol. The van der Waals surface area contributed by atoms with Crippen LogP contribution in [0.2, 0.25) is 0 Å². The molecule has 1 aliphatic heterocycles. The number of fused-ring (bicyclic) bond motifs is 1. The third-order valence-electron chi connectivity index (χ3n) is 4.95. The molecule has 0 bridgehead atoms. The molecule has 120 valence electrons. The number of nitrogens with zero attached hydrogens (tertiary/aromatic N) is 3. The Balaban J connectivity index is 1.44. The number of carbonyl (C=O) groups is 1. The van der Waals surface area contributed by atoms with Gasteiger partial charge in [0.1, 0.15) is 0 Å². The summed E-state index contributed by atoms with van der Waals surface area (Å²) in [7, 11) is 0. The Kier molecular flexibility index (Phi) is 3.77. The largest absolute Gasteiger partial charge is 0.368 e. The molecule has 0 unspecified atom stereocenters. The van der Waals surface area contributed by atoms with Crippen LogP contribution in [0, 0.1) is 0 Å². The Morgan fingerprint density at radius 1 is 1.00 bits per heavy atom. The maximum atomic E-state index is 12.8. The number of aryl methyl sites for hydroxylation is 1. The van der Waals surface area contributed by atoms with E-state index < -0.39 is 0 Å². The molecule has 1 fully saturated rings. The van der Waals surface area contributed by atoms with E-state index in [0.717, 1.165) is 51.0 Å². The fourth-order valence-corrected chi connectivity index (χ4v) is 3.61. The number of hydrogen-bond donors (Lipinski definition) is 1. The van der Waals surface area contributed by atoms with Gasteiger partial charge in [-0.1, -0.05) is 18.2 Å². The Bertz CT molecular complexity index is 686. The van der Waals surface area contributed by atoms with Gasteiger partial charge in [-0.15, -0.1) is 0 Å². The normalized spacial score (nSPS) is 17.9. The average molecular weight is 310 g/mol. The molecule has 2 aromatic rings. The highest BCUT2D eigenvalue weighted by atomic mass is 16.2. The standard InChI is InChI=1S/C18H22N4O/c23-18(17-15-8-4-5-9-16(15)19-20-17)22-12-10-21(11-13-22)14-6-2-1-3-7-14/h1-3,6-7H,4-5,8-13H2,(H,19,20). The van der Waals surface area contributed by atoms with E-state index in [1.165, 1.54) is 17.8 Å². The molecular weight excluding hydrogens is 288 g/mol. The summed E-state index contributed by atoms with van der Waals surface area (Å²) in [6, 6.07) is 10.4. The van der Waals surface area contributed by atoms with Gasteiger partial charge in [0.2, 0.25) is 0 Å². The molecule has 1 aliphatic carbocycles. The fourth-order valence-electron chi connectivity index (χ4n) is 3.61. The molecule has 0 saturated carbocycles. The van der Waals surface area contributed by atoms with Crippen LogP contribution in [0.1, 0.15) is 34.6 Å². The van der Waals surface area contributed by atoms with Crippen LogP contribution in [0.4, 0.5) is 5.69 Å². The van der Waals surface area contributed by atoms with E-state index in [1.54, 1.807) is 0 Å². The maximum absolute atomic E-state index is 12.8. The number of benzene rings is 1. The molecule has 2 aliphatic rings. The quantitative estimate of drug-likeness (QED) is 0.925. The van der Waals surface area contributed by atoms with Gasteiger partial charge in [-0.05, 0) is 37.8 Å². The Morgan fingerprint density at radius 2 is 1.74 bits per heavy atom. The van der Waals surface area contributed by atoms with Crippen LogP contribution in [-0.2, 0) is 12.8 Å². The molecule has 0 spiro atoms. The number of piperazine rings is 1. The monoisotopic (exact) mass is 310 g/mol. The van der Waals surface area contributed by atoms with Crippen LogP contribution in [0.3, 0.4) is 0 Å². The molecule has 1 aromatic carbocycles. The van der Waals surface area contributed by atoms with Gasteiger partial charge in [0, 0.05) is 43.1 Å². The van der Waals surface area contributed by atoms with Gasteiger partial charge < -0.3 is 9.80 Å². The SMILES string of the molecule is O=C(c1n[nH]c2c1CCCC2)N1CCN(c2ccccc2)CC1. The van der Waals surface area contributed by atoms with Gasteiger partial charge in [-0.2, -0.15) is 5.10 Å². The number of para-hydroxylation sites is 1. The second-order valence-electron chi connectivity index (χ2n) is 6.35. The minimum Gasteiger partial charge on any atom is -0.368 e. The molecule has 4 rings (SSSR count). The zero-order valence-electron chi connectivity index (χ0n) is 13.3. The van der Waals surface area contributed by atoms with Gasteiger partial charge in [-0.3, -0.25) is 9.89 Å². The summed E-state index contributed by atoms with van der Waals surface area (Å²) in [5.41, 5.74) is 4.22. The number of aromatic nitrogens is 2. The second kappa shape index (κ2) is 6.07. The van der Waals surface area contributed by atoms with Crippen molar-refractivity contribution >= 4 is 11.6 Å². The summed E-state index contributed by atoms with van der Waals surface area (Å²) in [6.07, 6.45) is 4.36. The lowest BCUT2D eigenvalue weighted by Crippen LogP contribution is -2.49. The number of hydrogen-bond acceptors (Lipinski definition) is 3. The third-order valence-corrected chi connectivity index (χ3v) is 4.95. The minimum absolute atomic E-state index is 0.0945. The number of carbonyl (C=O) groups excluding carboxylic acids is 1. The van der Waals surface area contributed by atoms with Gasteiger partial charge >= 0.3 is 0 Å². The van der Waals surface area contributed by atoms with E-state index in [4.69, 9.17) is 0 Å². The lowest BCUT2D eigenvalue weighted by Gasteiger charge is -2.36. The first kappa shape index (κ1) is 14.3. The fraction of sp³-hybridized carbons (Fsp3) is 0.444. The maximum Gasteiger partial charge on any atom is 0.274 e. The van der Waals surface area contributed by atoms with Crippen LogP contribution in [-0.4, -0.2) is 47.2 Å². The lowest BCUT2D eigenvalue weighted by atomic mass is 9.95. The van der Waals surface area contributed by atoms with Gasteiger partial charge in [-0.25, -0.2) is 0 Å². The number of rotatable bonds is 2. The number of nitrogens with one attached hydrogen (secondary N) is 1. The van der Waals surface area contributed by atoms with Crippen molar-refractivity contribution in [3.8, 4) is 0 Å². The molecule has 0 atom stereocenters. The lowest BCUT2D eigenvalue weighted by molar-refractivity contribution is 0.0739. The molecule has 2 heterocycles. The summed E-state index contributed by atoms with van der Waals surface area (Å²) < 4.78 is 0. The summed E-state index contributed by atoms with van der Waals surface area (Å²) in [6.45, 7) is 3.27. The van der Waals surface area contributed by atoms with Gasteiger partial charge in [0.25, 0.3) is 5.91 Å². The number of amides is 1. The van der Waals surface area contributed by atoms with Crippen molar-refractivity contribution in [2.45, 2.75) is 25.7 Å². The van der Waals surface area contributed by atoms with Crippen molar-refractivity contribution < 1.29 is 4.79 Å². The predicted octanol–water partition coefficient (Wildman–Crippen LogP) is 2.25. The Labute approximate surface area is 136 Å². The molecule has 1 saturated heterocycles. The van der Waals surface area contributed by atoms with E-state index in [2.05, 4.69) is 39.4 Å². The molecule has 0 radical (unpaired) electrons. The zero-order chi connectivity index (χ0) is 15.6. The van der Waals surface area contributed by atoms with Crippen LogP contribution in [0.25, 0.3) is 0 Å². The van der Waals surface area contributed by atoms with Crippen molar-refractivity contribution in [2.75, 3.05) is 31.1 Å². The first-order valence-electron chi connectivity index (χ1n) is 8.48.